The van der Waals surface area contributed by atoms with Gasteiger partial charge < -0.3 is 30.1 Å². The van der Waals surface area contributed by atoms with Crippen LogP contribution in [0.2, 0.25) is 0 Å². The van der Waals surface area contributed by atoms with Gasteiger partial charge in [0.2, 0.25) is 11.8 Å². The van der Waals surface area contributed by atoms with Crippen LogP contribution in [0.4, 0.5) is 16.4 Å². The molecule has 2 atom stereocenters. The number of aliphatic hydroxyl groups excluding tert-OH is 1. The lowest BCUT2D eigenvalue weighted by Gasteiger charge is -2.34. The summed E-state index contributed by atoms with van der Waals surface area (Å²) in [6, 6.07) is 15.8. The molecule has 2 fully saturated rings. The molecule has 0 spiro atoms. The van der Waals surface area contributed by atoms with E-state index in [2.05, 4.69) is 26.7 Å². The van der Waals surface area contributed by atoms with E-state index in [4.69, 9.17) is 14.5 Å². The highest BCUT2D eigenvalue weighted by molar-refractivity contribution is 5.98. The topological polar surface area (TPSA) is 122 Å². The van der Waals surface area contributed by atoms with E-state index in [9.17, 15) is 9.90 Å². The van der Waals surface area contributed by atoms with Gasteiger partial charge in [-0.3, -0.25) is 0 Å². The average Bonchev–Trinajstić information content (AvgIpc) is 3.87. The molecule has 3 N–H and O–H groups in total. The predicted molar refractivity (Wildman–Crippen MR) is 176 cm³/mol. The summed E-state index contributed by atoms with van der Waals surface area (Å²) in [6.45, 7) is 9.34. The molecule has 1 saturated heterocycles. The van der Waals surface area contributed by atoms with Crippen LogP contribution in [0.5, 0.6) is 11.6 Å². The molecule has 2 aromatic carbocycles. The van der Waals surface area contributed by atoms with Gasteiger partial charge in [0.25, 0.3) is 0 Å². The number of amides is 1. The Morgan fingerprint density at radius 2 is 1.89 bits per heavy atom. The second-order valence-corrected chi connectivity index (χ2v) is 13.0. The van der Waals surface area contributed by atoms with E-state index < -0.39 is 5.60 Å². The lowest BCUT2D eigenvalue weighted by atomic mass is 10.0. The first-order chi connectivity index (χ1) is 21.6. The monoisotopic (exact) mass is 610 g/mol. The number of nitrogens with zero attached hydrogens (tertiary/aromatic N) is 4. The van der Waals surface area contributed by atoms with Crippen LogP contribution in [0.15, 0.2) is 60.9 Å². The van der Waals surface area contributed by atoms with E-state index in [1.54, 1.807) is 17.3 Å². The molecular formula is C35H42N6O4. The fraction of sp³-hybridized carbons (Fsp3) is 0.429. The van der Waals surface area contributed by atoms with Crippen molar-refractivity contribution >= 4 is 28.5 Å². The van der Waals surface area contributed by atoms with Crippen molar-refractivity contribution in [2.75, 3.05) is 30.3 Å². The molecular weight excluding hydrogens is 568 g/mol. The Bertz CT molecular complexity index is 1670. The summed E-state index contributed by atoms with van der Waals surface area (Å²) in [7, 11) is 0. The third kappa shape index (κ3) is 7.45. The lowest BCUT2D eigenvalue weighted by molar-refractivity contribution is 0.0206. The van der Waals surface area contributed by atoms with E-state index in [1.165, 1.54) is 0 Å². The number of anilines is 2. The van der Waals surface area contributed by atoms with Gasteiger partial charge in [0, 0.05) is 54.5 Å². The highest BCUT2D eigenvalue weighted by Crippen LogP contribution is 2.39. The molecule has 1 amide bonds. The number of carbonyl (C=O) groups is 1. The Hall–Kier alpha value is -4.44. The molecule has 6 rings (SSSR count). The number of fused-ring (bicyclic) bond motifs is 1. The van der Waals surface area contributed by atoms with Gasteiger partial charge >= 0.3 is 6.09 Å². The number of nitrogens with one attached hydrogen (secondary N) is 2. The number of carbonyl (C=O) groups excluding carboxylic acids is 1. The standard InChI is InChI=1S/C35H42N6O4/c1-22-12-15-25-26(9-5-11-28(25)38-20-30(42)23-13-14-23)31(22)44-32-27(10-6-17-36-32)29-16-18-37-33(40-29)39-24-8-7-19-41(21-24)34(43)45-35(2,3)4/h5-6,9-12,15-18,23-24,30,38,42H,7-8,13-14,19-21H2,1-4H3,(H,37,39,40)/t24-,30?/m0/s1. The summed E-state index contributed by atoms with van der Waals surface area (Å²) in [5.41, 5.74) is 2.80. The van der Waals surface area contributed by atoms with Crippen molar-refractivity contribution in [2.45, 2.75) is 71.1 Å². The molecule has 45 heavy (non-hydrogen) atoms. The number of rotatable bonds is 9. The molecule has 4 aromatic rings. The molecule has 0 radical (unpaired) electrons. The largest absolute Gasteiger partial charge is 0.444 e. The van der Waals surface area contributed by atoms with Gasteiger partial charge in [0.1, 0.15) is 11.4 Å². The Morgan fingerprint density at radius 1 is 1.04 bits per heavy atom. The third-order valence-electron chi connectivity index (χ3n) is 8.18. The van der Waals surface area contributed by atoms with Gasteiger partial charge in [-0.05, 0) is 89.1 Å². The molecule has 236 valence electrons. The zero-order valence-electron chi connectivity index (χ0n) is 26.4. The van der Waals surface area contributed by atoms with Gasteiger partial charge in [0.15, 0.2) is 0 Å². The molecule has 0 bridgehead atoms. The number of aliphatic hydroxyl groups is 1. The molecule has 1 aliphatic heterocycles. The molecule has 2 aromatic heterocycles. The first-order valence-electron chi connectivity index (χ1n) is 15.8. The summed E-state index contributed by atoms with van der Waals surface area (Å²) in [4.78, 5) is 28.3. The summed E-state index contributed by atoms with van der Waals surface area (Å²) in [5.74, 6) is 2.04. The summed E-state index contributed by atoms with van der Waals surface area (Å²) in [5, 5.41) is 19.2. The van der Waals surface area contributed by atoms with Crippen LogP contribution in [-0.4, -0.2) is 68.4 Å². The van der Waals surface area contributed by atoms with Gasteiger partial charge in [-0.15, -0.1) is 0 Å². The molecule has 10 heteroatoms. The summed E-state index contributed by atoms with van der Waals surface area (Å²) in [6.07, 6.45) is 6.73. The molecule has 1 saturated carbocycles. The minimum atomic E-state index is -0.540. The summed E-state index contributed by atoms with van der Waals surface area (Å²) < 4.78 is 12.2. The van der Waals surface area contributed by atoms with Gasteiger partial charge in [-0.2, -0.15) is 0 Å². The van der Waals surface area contributed by atoms with E-state index in [0.717, 1.165) is 59.0 Å². The molecule has 1 unspecified atom stereocenters. The van der Waals surface area contributed by atoms with Crippen LogP contribution < -0.4 is 15.4 Å². The summed E-state index contributed by atoms with van der Waals surface area (Å²) >= 11 is 0. The minimum Gasteiger partial charge on any atom is -0.444 e. The van der Waals surface area contributed by atoms with Crippen molar-refractivity contribution in [3.05, 3.63) is 66.5 Å². The second-order valence-electron chi connectivity index (χ2n) is 13.0. The quantitative estimate of drug-likeness (QED) is 0.188. The number of aryl methyl sites for hydroxylation is 1. The fourth-order valence-electron chi connectivity index (χ4n) is 5.70. The zero-order chi connectivity index (χ0) is 31.6. The van der Waals surface area contributed by atoms with Crippen molar-refractivity contribution in [1.82, 2.24) is 19.9 Å². The van der Waals surface area contributed by atoms with Crippen molar-refractivity contribution < 1.29 is 19.4 Å². The van der Waals surface area contributed by atoms with Crippen molar-refractivity contribution in [3.8, 4) is 22.9 Å². The number of ether oxygens (including phenoxy) is 2. The first-order valence-corrected chi connectivity index (χ1v) is 15.8. The highest BCUT2D eigenvalue weighted by atomic mass is 16.6. The number of hydrogen-bond donors (Lipinski definition) is 3. The van der Waals surface area contributed by atoms with Crippen LogP contribution in [0.3, 0.4) is 0 Å². The number of aromatic nitrogens is 3. The Balaban J connectivity index is 1.21. The van der Waals surface area contributed by atoms with Crippen LogP contribution >= 0.6 is 0 Å². The number of piperidine rings is 1. The number of benzene rings is 2. The normalized spacial score (nSPS) is 17.5. The van der Waals surface area contributed by atoms with E-state index >= 15 is 0 Å². The highest BCUT2D eigenvalue weighted by Gasteiger charge is 2.30. The fourth-order valence-corrected chi connectivity index (χ4v) is 5.70. The Labute approximate surface area is 264 Å². The van der Waals surface area contributed by atoms with E-state index in [0.29, 0.717) is 43.1 Å². The van der Waals surface area contributed by atoms with Crippen molar-refractivity contribution in [3.63, 3.8) is 0 Å². The SMILES string of the molecule is Cc1ccc2c(NCC(O)C3CC3)cccc2c1Oc1ncccc1-c1ccnc(N[C@H]2CCCN(C(=O)OC(C)(C)C)C2)n1. The molecule has 1 aliphatic carbocycles. The number of pyridine rings is 1. The van der Waals surface area contributed by atoms with Crippen LogP contribution in [0.25, 0.3) is 22.0 Å². The van der Waals surface area contributed by atoms with Gasteiger partial charge in [-0.25, -0.2) is 19.7 Å². The Morgan fingerprint density at radius 3 is 2.69 bits per heavy atom. The maximum atomic E-state index is 12.7. The Kier molecular flexibility index (Phi) is 8.76. The lowest BCUT2D eigenvalue weighted by Crippen LogP contribution is -2.47. The molecule has 2 aliphatic rings. The van der Waals surface area contributed by atoms with E-state index in [-0.39, 0.29) is 18.2 Å². The predicted octanol–water partition coefficient (Wildman–Crippen LogP) is 6.79. The third-order valence-corrected chi connectivity index (χ3v) is 8.18. The van der Waals surface area contributed by atoms with Gasteiger partial charge in [-0.1, -0.05) is 24.3 Å². The van der Waals surface area contributed by atoms with Crippen LogP contribution in [-0.2, 0) is 4.74 Å². The van der Waals surface area contributed by atoms with Crippen LogP contribution in [0.1, 0.15) is 52.0 Å². The zero-order valence-corrected chi connectivity index (χ0v) is 26.4. The second kappa shape index (κ2) is 12.9. The van der Waals surface area contributed by atoms with Gasteiger partial charge in [0.05, 0.1) is 17.4 Å². The molecule has 10 nitrogen and oxygen atoms in total. The molecule has 3 heterocycles. The van der Waals surface area contributed by atoms with E-state index in [1.807, 2.05) is 70.2 Å². The maximum Gasteiger partial charge on any atom is 0.410 e. The smallest absolute Gasteiger partial charge is 0.410 e. The first kappa shape index (κ1) is 30.6. The van der Waals surface area contributed by atoms with Crippen LogP contribution in [0, 0.1) is 12.8 Å². The van der Waals surface area contributed by atoms with Crippen molar-refractivity contribution in [1.29, 1.82) is 0 Å². The minimum absolute atomic E-state index is 0.00216. The number of hydrogen-bond acceptors (Lipinski definition) is 9. The van der Waals surface area contributed by atoms with Crippen molar-refractivity contribution in [2.24, 2.45) is 5.92 Å². The average molecular weight is 611 g/mol. The number of likely N-dealkylation sites (tertiary alicyclic amines) is 1. The maximum absolute atomic E-state index is 12.7.